The molecule has 2 aromatic carbocycles. The van der Waals surface area contributed by atoms with E-state index in [1.165, 1.54) is 38.3 Å². The van der Waals surface area contributed by atoms with Gasteiger partial charge in [0.25, 0.3) is 0 Å². The summed E-state index contributed by atoms with van der Waals surface area (Å²) >= 11 is 0. The summed E-state index contributed by atoms with van der Waals surface area (Å²) in [5, 5.41) is 3.78. The van der Waals surface area contributed by atoms with Gasteiger partial charge in [-0.05, 0) is 88.2 Å². The number of methoxy groups -OCH3 is 2. The Morgan fingerprint density at radius 2 is 1.79 bits per heavy atom. The van der Waals surface area contributed by atoms with E-state index in [4.69, 9.17) is 14.5 Å². The van der Waals surface area contributed by atoms with Crippen LogP contribution in [-0.2, 0) is 22.3 Å². The molecule has 2 aliphatic carbocycles. The second-order valence-corrected chi connectivity index (χ2v) is 8.72. The summed E-state index contributed by atoms with van der Waals surface area (Å²) in [5.74, 6) is 0. The van der Waals surface area contributed by atoms with Crippen LogP contribution in [0.4, 0.5) is 0 Å². The molecule has 0 unspecified atom stereocenters. The third-order valence-corrected chi connectivity index (χ3v) is 6.97. The van der Waals surface area contributed by atoms with Crippen molar-refractivity contribution in [2.45, 2.75) is 32.0 Å². The Morgan fingerprint density at radius 3 is 2.67 bits per heavy atom. The Kier molecular flexibility index (Phi) is 5.05. The van der Waals surface area contributed by atoms with E-state index in [0.29, 0.717) is 0 Å². The third-order valence-electron chi connectivity index (χ3n) is 6.97. The van der Waals surface area contributed by atoms with E-state index < -0.39 is 0 Å². The Balaban J connectivity index is 1.60. The van der Waals surface area contributed by atoms with E-state index in [1.807, 2.05) is 12.3 Å². The summed E-state index contributed by atoms with van der Waals surface area (Å²) in [6.07, 6.45) is 7.98. The molecule has 164 valence electrons. The van der Waals surface area contributed by atoms with Crippen LogP contribution < -0.4 is 10.4 Å². The van der Waals surface area contributed by atoms with Gasteiger partial charge in [-0.2, -0.15) is 0 Å². The van der Waals surface area contributed by atoms with Crippen LogP contribution >= 0.6 is 0 Å². The van der Waals surface area contributed by atoms with Gasteiger partial charge >= 0.3 is 0 Å². The van der Waals surface area contributed by atoms with Gasteiger partial charge in [0.2, 0.25) is 0 Å². The van der Waals surface area contributed by atoms with Crippen molar-refractivity contribution in [3.05, 3.63) is 93.6 Å². The maximum Gasteiger partial charge on any atom is 0.183 e. The topological polar surface area (TPSA) is 44.2 Å². The van der Waals surface area contributed by atoms with Crippen molar-refractivity contribution in [3.8, 4) is 11.1 Å². The molecule has 0 amide bonds. The highest BCUT2D eigenvalue weighted by Gasteiger charge is 2.22. The number of rotatable bonds is 4. The van der Waals surface area contributed by atoms with Crippen LogP contribution in [0, 0.1) is 0 Å². The van der Waals surface area contributed by atoms with Crippen molar-refractivity contribution in [1.29, 1.82) is 0 Å². The molecule has 2 aliphatic rings. The molecule has 0 N–H and O–H groups in total. The number of aryl methyl sites for hydroxylation is 1. The molecular weight excluding hydrogens is 408 g/mol. The number of fused-ring (bicyclic) bond motifs is 6. The van der Waals surface area contributed by atoms with E-state index in [0.717, 1.165) is 48.0 Å². The van der Waals surface area contributed by atoms with E-state index >= 15 is 0 Å². The molecule has 0 radical (unpaired) electrons. The summed E-state index contributed by atoms with van der Waals surface area (Å²) in [5.41, 5.74) is 9.54. The second kappa shape index (κ2) is 8.22. The van der Waals surface area contributed by atoms with Crippen LogP contribution in [-0.4, -0.2) is 24.2 Å². The molecule has 4 aromatic rings. The number of aromatic nitrogens is 2. The molecule has 33 heavy (non-hydrogen) atoms. The lowest BCUT2D eigenvalue weighted by Gasteiger charge is -2.24. The first kappa shape index (κ1) is 20.3. The monoisotopic (exact) mass is 434 g/mol. The maximum absolute atomic E-state index is 5.59. The summed E-state index contributed by atoms with van der Waals surface area (Å²) in [6, 6.07) is 19.4. The second-order valence-electron chi connectivity index (χ2n) is 8.72. The Hall–Kier alpha value is -3.34. The van der Waals surface area contributed by atoms with Crippen molar-refractivity contribution in [3.63, 3.8) is 0 Å². The normalized spacial score (nSPS) is 14.6. The van der Waals surface area contributed by atoms with Gasteiger partial charge in [0.1, 0.15) is 0 Å². The molecule has 4 nitrogen and oxygen atoms in total. The zero-order valence-corrected chi connectivity index (χ0v) is 19.0. The van der Waals surface area contributed by atoms with Gasteiger partial charge in [0, 0.05) is 31.4 Å². The summed E-state index contributed by atoms with van der Waals surface area (Å²) in [7, 11) is 3.38. The van der Waals surface area contributed by atoms with Gasteiger partial charge in [-0.3, -0.25) is 0 Å². The Labute approximate surface area is 193 Å². The van der Waals surface area contributed by atoms with Crippen molar-refractivity contribution < 1.29 is 9.47 Å². The molecule has 0 atom stereocenters. The maximum atomic E-state index is 5.59. The SMILES string of the molecule is COC(OC)c1cccc2c1CC=c1c-2ccc2c1=C(c1ccc3cccnc3n1)CCC2. The summed E-state index contributed by atoms with van der Waals surface area (Å²) in [4.78, 5) is 9.45. The van der Waals surface area contributed by atoms with Crippen molar-refractivity contribution in [2.24, 2.45) is 0 Å². The lowest BCUT2D eigenvalue weighted by Crippen LogP contribution is -2.37. The highest BCUT2D eigenvalue weighted by atomic mass is 16.7. The molecule has 0 fully saturated rings. The molecule has 0 aliphatic heterocycles. The minimum atomic E-state index is -0.357. The third kappa shape index (κ3) is 3.29. The van der Waals surface area contributed by atoms with Crippen molar-refractivity contribution in [1.82, 2.24) is 9.97 Å². The first-order chi connectivity index (χ1) is 16.3. The number of hydrogen-bond donors (Lipinski definition) is 0. The van der Waals surface area contributed by atoms with Gasteiger partial charge < -0.3 is 9.47 Å². The van der Waals surface area contributed by atoms with Gasteiger partial charge in [0.05, 0.1) is 5.69 Å². The molecule has 4 heteroatoms. The zero-order chi connectivity index (χ0) is 22.4. The number of pyridine rings is 2. The standard InChI is InChI=1S/C29H26N2O2/c1-32-29(33-2)24-9-4-8-20-21-13-11-18-6-3-10-25(27(18)23(21)15-14-22(20)24)26-16-12-19-7-5-17-30-28(19)31-26/h4-5,7-9,11-13,15-17,29H,3,6,10,14H2,1-2H3. The molecule has 2 aromatic heterocycles. The average Bonchev–Trinajstić information content (AvgIpc) is 2.88. The van der Waals surface area contributed by atoms with Gasteiger partial charge in [0.15, 0.2) is 11.9 Å². The van der Waals surface area contributed by atoms with Gasteiger partial charge in [-0.1, -0.05) is 36.4 Å². The number of hydrogen-bond acceptors (Lipinski definition) is 4. The first-order valence-corrected chi connectivity index (χ1v) is 11.5. The van der Waals surface area contributed by atoms with E-state index in [9.17, 15) is 0 Å². The number of benzene rings is 2. The Bertz CT molecular complexity index is 1500. The van der Waals surface area contributed by atoms with Crippen molar-refractivity contribution in [2.75, 3.05) is 14.2 Å². The molecule has 2 heterocycles. The Morgan fingerprint density at radius 1 is 0.879 bits per heavy atom. The molecule has 0 spiro atoms. The van der Waals surface area contributed by atoms with Crippen LogP contribution in [0.25, 0.3) is 33.8 Å². The highest BCUT2D eigenvalue weighted by Crippen LogP contribution is 2.33. The molecule has 0 bridgehead atoms. The zero-order valence-electron chi connectivity index (χ0n) is 19.0. The van der Waals surface area contributed by atoms with E-state index in [-0.39, 0.29) is 6.29 Å². The fraction of sp³-hybridized carbons (Fsp3) is 0.241. The van der Waals surface area contributed by atoms with Gasteiger partial charge in [-0.25, -0.2) is 9.97 Å². The van der Waals surface area contributed by atoms with Crippen LogP contribution in [0.2, 0.25) is 0 Å². The minimum absolute atomic E-state index is 0.357. The fourth-order valence-electron chi connectivity index (χ4n) is 5.49. The average molecular weight is 435 g/mol. The predicted molar refractivity (Wildman–Crippen MR) is 131 cm³/mol. The largest absolute Gasteiger partial charge is 0.352 e. The predicted octanol–water partition coefficient (Wildman–Crippen LogP) is 4.46. The van der Waals surface area contributed by atoms with Gasteiger partial charge in [-0.15, -0.1) is 0 Å². The van der Waals surface area contributed by atoms with Crippen LogP contribution in [0.5, 0.6) is 0 Å². The lowest BCUT2D eigenvalue weighted by molar-refractivity contribution is -0.106. The van der Waals surface area contributed by atoms with Crippen LogP contribution in [0.15, 0.2) is 60.8 Å². The number of nitrogens with zero attached hydrogens (tertiary/aromatic N) is 2. The molecular formula is C29H26N2O2. The molecule has 0 saturated carbocycles. The minimum Gasteiger partial charge on any atom is -0.352 e. The van der Waals surface area contributed by atoms with E-state index in [2.05, 4.69) is 59.6 Å². The molecule has 6 rings (SSSR count). The quantitative estimate of drug-likeness (QED) is 0.445. The summed E-state index contributed by atoms with van der Waals surface area (Å²) < 4.78 is 11.2. The molecule has 0 saturated heterocycles. The van der Waals surface area contributed by atoms with Crippen LogP contribution in [0.3, 0.4) is 0 Å². The highest BCUT2D eigenvalue weighted by molar-refractivity contribution is 5.80. The first-order valence-electron chi connectivity index (χ1n) is 11.5. The van der Waals surface area contributed by atoms with Crippen molar-refractivity contribution >= 4 is 22.7 Å². The van der Waals surface area contributed by atoms with E-state index in [1.54, 1.807) is 14.2 Å². The van der Waals surface area contributed by atoms with Crippen LogP contribution in [0.1, 0.15) is 41.5 Å². The summed E-state index contributed by atoms with van der Waals surface area (Å²) in [6.45, 7) is 0. The lowest BCUT2D eigenvalue weighted by atomic mass is 9.82. The smallest absolute Gasteiger partial charge is 0.183 e. The fourth-order valence-corrected chi connectivity index (χ4v) is 5.49. The number of ether oxygens (including phenoxy) is 2.